The number of alkyl halides is 1. The molecule has 1 aromatic carbocycles. The first kappa shape index (κ1) is 21.0. The largest absolute Gasteiger partial charge is 0.351 e. The first-order valence-corrected chi connectivity index (χ1v) is 11.6. The van der Waals surface area contributed by atoms with Crippen molar-refractivity contribution in [1.29, 1.82) is 0 Å². The third-order valence-electron chi connectivity index (χ3n) is 5.01. The van der Waals surface area contributed by atoms with E-state index in [1.54, 1.807) is 47.2 Å². The van der Waals surface area contributed by atoms with Crippen LogP contribution in [0, 0.1) is 0 Å². The van der Waals surface area contributed by atoms with E-state index in [0.29, 0.717) is 22.3 Å². The minimum Gasteiger partial charge on any atom is -0.351 e. The normalized spacial score (nSPS) is 12.5. The number of rotatable bonds is 6. The topological polar surface area (TPSA) is 107 Å². The molecule has 9 nitrogen and oxygen atoms in total. The van der Waals surface area contributed by atoms with Crippen LogP contribution in [0.5, 0.6) is 0 Å². The summed E-state index contributed by atoms with van der Waals surface area (Å²) < 4.78 is 43.6. The van der Waals surface area contributed by atoms with Gasteiger partial charge in [-0.15, -0.1) is 0 Å². The van der Waals surface area contributed by atoms with Gasteiger partial charge >= 0.3 is 0 Å². The molecule has 1 N–H and O–H groups in total. The Bertz CT molecular complexity index is 1570. The molecule has 4 aromatic heterocycles. The van der Waals surface area contributed by atoms with Gasteiger partial charge in [0, 0.05) is 35.7 Å². The van der Waals surface area contributed by atoms with Crippen LogP contribution in [-0.2, 0) is 10.0 Å². The molecule has 0 aliphatic heterocycles. The van der Waals surface area contributed by atoms with E-state index in [0.717, 1.165) is 3.97 Å². The van der Waals surface area contributed by atoms with Crippen LogP contribution in [0.3, 0.4) is 0 Å². The Morgan fingerprint density at radius 1 is 1.09 bits per heavy atom. The van der Waals surface area contributed by atoms with Crippen molar-refractivity contribution in [3.8, 4) is 11.3 Å². The average molecular weight is 466 g/mol. The van der Waals surface area contributed by atoms with Crippen LogP contribution in [0.1, 0.15) is 13.8 Å². The number of hydrogen-bond acceptors (Lipinski definition) is 7. The number of imidazole rings is 1. The summed E-state index contributed by atoms with van der Waals surface area (Å²) in [5.41, 5.74) is 0.400. The molecule has 0 unspecified atom stereocenters. The number of fused-ring (bicyclic) bond motifs is 2. The summed E-state index contributed by atoms with van der Waals surface area (Å²) in [6.07, 6.45) is 6.33. The zero-order valence-corrected chi connectivity index (χ0v) is 18.7. The van der Waals surface area contributed by atoms with Crippen LogP contribution < -0.4 is 5.32 Å². The van der Waals surface area contributed by atoms with Crippen LogP contribution in [0.4, 0.5) is 10.3 Å². The lowest BCUT2D eigenvalue weighted by Gasteiger charge is -2.14. The number of anilines is 1. The molecule has 0 saturated heterocycles. The second-order valence-corrected chi connectivity index (χ2v) is 9.92. The number of benzene rings is 1. The standard InChI is InChI=1S/C22H20FN7O2S/c1-22(2,23)14-26-21-25-12-16-17(18-8-9-19-24-10-11-29(19)28-18)13-30(20(16)27-21)33(31,32)15-6-4-3-5-7-15/h3-13H,14H2,1-2H3,(H,25,26,27). The van der Waals surface area contributed by atoms with Gasteiger partial charge < -0.3 is 5.32 Å². The zero-order chi connectivity index (χ0) is 23.2. The van der Waals surface area contributed by atoms with Crippen molar-refractivity contribution in [1.82, 2.24) is 28.5 Å². The SMILES string of the molecule is CC(C)(F)CNc1ncc2c(-c3ccc4nccn4n3)cn(S(=O)(=O)c3ccccc3)c2n1. The molecular formula is C22H20FN7O2S. The summed E-state index contributed by atoms with van der Waals surface area (Å²) in [5, 5.41) is 7.86. The van der Waals surface area contributed by atoms with Gasteiger partial charge in [-0.2, -0.15) is 10.1 Å². The van der Waals surface area contributed by atoms with Gasteiger partial charge in [0.05, 0.1) is 17.1 Å². The van der Waals surface area contributed by atoms with E-state index in [1.807, 2.05) is 0 Å². The lowest BCUT2D eigenvalue weighted by molar-refractivity contribution is 0.234. The fourth-order valence-corrected chi connectivity index (χ4v) is 4.74. The molecule has 5 aromatic rings. The van der Waals surface area contributed by atoms with E-state index in [9.17, 15) is 12.8 Å². The average Bonchev–Trinajstić information content (AvgIpc) is 3.42. The Kier molecular flexibility index (Phi) is 4.85. The van der Waals surface area contributed by atoms with Crippen molar-refractivity contribution < 1.29 is 12.8 Å². The predicted octanol–water partition coefficient (Wildman–Crippen LogP) is 3.54. The molecule has 0 fully saturated rings. The van der Waals surface area contributed by atoms with Crippen molar-refractivity contribution in [3.63, 3.8) is 0 Å². The predicted molar refractivity (Wildman–Crippen MR) is 122 cm³/mol. The van der Waals surface area contributed by atoms with E-state index in [2.05, 4.69) is 25.4 Å². The molecule has 168 valence electrons. The number of aromatic nitrogens is 6. The van der Waals surface area contributed by atoms with Gasteiger partial charge in [-0.1, -0.05) is 18.2 Å². The summed E-state index contributed by atoms with van der Waals surface area (Å²) in [4.78, 5) is 13.0. The minimum atomic E-state index is -3.97. The van der Waals surface area contributed by atoms with E-state index in [-0.39, 0.29) is 23.0 Å². The van der Waals surface area contributed by atoms with Crippen molar-refractivity contribution in [2.75, 3.05) is 11.9 Å². The maximum absolute atomic E-state index is 14.0. The van der Waals surface area contributed by atoms with Crippen LogP contribution in [-0.4, -0.2) is 49.2 Å². The summed E-state index contributed by atoms with van der Waals surface area (Å²) in [6.45, 7) is 2.82. The molecule has 0 bridgehead atoms. The van der Waals surface area contributed by atoms with Gasteiger partial charge in [0.2, 0.25) is 5.95 Å². The monoisotopic (exact) mass is 465 g/mol. The summed E-state index contributed by atoms with van der Waals surface area (Å²) in [7, 11) is -3.97. The molecular weight excluding hydrogens is 445 g/mol. The minimum absolute atomic E-state index is 0.0314. The summed E-state index contributed by atoms with van der Waals surface area (Å²) >= 11 is 0. The lowest BCUT2D eigenvalue weighted by atomic mass is 10.2. The third-order valence-corrected chi connectivity index (χ3v) is 6.68. The molecule has 0 radical (unpaired) electrons. The summed E-state index contributed by atoms with van der Waals surface area (Å²) in [5.74, 6) is 0.125. The van der Waals surface area contributed by atoms with Crippen LogP contribution >= 0.6 is 0 Å². The second kappa shape index (κ2) is 7.62. The maximum atomic E-state index is 14.0. The number of halogens is 1. The van der Waals surface area contributed by atoms with E-state index in [4.69, 9.17) is 0 Å². The fraction of sp³-hybridized carbons (Fsp3) is 0.182. The van der Waals surface area contributed by atoms with Gasteiger partial charge in [-0.3, -0.25) is 0 Å². The smallest absolute Gasteiger partial charge is 0.269 e. The van der Waals surface area contributed by atoms with Crippen molar-refractivity contribution in [2.45, 2.75) is 24.4 Å². The maximum Gasteiger partial charge on any atom is 0.269 e. The molecule has 0 amide bonds. The highest BCUT2D eigenvalue weighted by molar-refractivity contribution is 7.90. The van der Waals surface area contributed by atoms with Crippen LogP contribution in [0.25, 0.3) is 27.9 Å². The first-order valence-electron chi connectivity index (χ1n) is 10.1. The molecule has 0 aliphatic carbocycles. The van der Waals surface area contributed by atoms with Crippen molar-refractivity contribution in [3.05, 3.63) is 67.3 Å². The first-order chi connectivity index (χ1) is 15.7. The molecule has 0 saturated carbocycles. The van der Waals surface area contributed by atoms with Gasteiger partial charge in [-0.05, 0) is 38.1 Å². The fourth-order valence-electron chi connectivity index (χ4n) is 3.41. The van der Waals surface area contributed by atoms with E-state index >= 15 is 0 Å². The Labute approximate surface area is 189 Å². The second-order valence-electron chi connectivity index (χ2n) is 8.11. The number of hydrogen-bond donors (Lipinski definition) is 1. The molecule has 4 heterocycles. The van der Waals surface area contributed by atoms with Gasteiger partial charge in [0.15, 0.2) is 11.3 Å². The van der Waals surface area contributed by atoms with Gasteiger partial charge in [0.25, 0.3) is 10.0 Å². The molecule has 5 rings (SSSR count). The van der Waals surface area contributed by atoms with Gasteiger partial charge in [0.1, 0.15) is 5.67 Å². The highest BCUT2D eigenvalue weighted by atomic mass is 32.2. The molecule has 0 atom stereocenters. The molecule has 0 spiro atoms. The highest BCUT2D eigenvalue weighted by Gasteiger charge is 2.24. The Balaban J connectivity index is 1.71. The van der Waals surface area contributed by atoms with Crippen molar-refractivity contribution >= 4 is 32.7 Å². The number of nitrogens with zero attached hydrogens (tertiary/aromatic N) is 6. The quantitative estimate of drug-likeness (QED) is 0.409. The Hall–Kier alpha value is -3.86. The third kappa shape index (κ3) is 3.91. The number of nitrogens with one attached hydrogen (secondary N) is 1. The molecule has 0 aliphatic rings. The summed E-state index contributed by atoms with van der Waals surface area (Å²) in [6, 6.07) is 11.6. The molecule has 11 heteroatoms. The Morgan fingerprint density at radius 3 is 2.64 bits per heavy atom. The molecule has 33 heavy (non-hydrogen) atoms. The van der Waals surface area contributed by atoms with E-state index in [1.165, 1.54) is 38.4 Å². The zero-order valence-electron chi connectivity index (χ0n) is 17.8. The van der Waals surface area contributed by atoms with Crippen LogP contribution in [0.2, 0.25) is 0 Å². The van der Waals surface area contributed by atoms with E-state index < -0.39 is 15.7 Å². The van der Waals surface area contributed by atoms with Crippen LogP contribution in [0.15, 0.2) is 72.1 Å². The Morgan fingerprint density at radius 2 is 1.88 bits per heavy atom. The van der Waals surface area contributed by atoms with Crippen molar-refractivity contribution in [2.24, 2.45) is 0 Å². The lowest BCUT2D eigenvalue weighted by Crippen LogP contribution is -2.25. The van der Waals surface area contributed by atoms with Gasteiger partial charge in [-0.25, -0.2) is 31.3 Å². The highest BCUT2D eigenvalue weighted by Crippen LogP contribution is 2.31.